The summed E-state index contributed by atoms with van der Waals surface area (Å²) in [5, 5.41) is 7.60. The van der Waals surface area contributed by atoms with Crippen LogP contribution in [0.25, 0.3) is 0 Å². The van der Waals surface area contributed by atoms with Gasteiger partial charge in [-0.2, -0.15) is 5.10 Å². The Labute approximate surface area is 138 Å². The number of aryl methyl sites for hydroxylation is 2. The third-order valence-corrected chi connectivity index (χ3v) is 4.08. The van der Waals surface area contributed by atoms with Crippen molar-refractivity contribution in [3.8, 4) is 0 Å². The fourth-order valence-electron chi connectivity index (χ4n) is 2.45. The lowest BCUT2D eigenvalue weighted by molar-refractivity contribution is 0.326. The predicted octanol–water partition coefficient (Wildman–Crippen LogP) is 1.90. The van der Waals surface area contributed by atoms with Crippen molar-refractivity contribution in [1.29, 1.82) is 0 Å². The number of hydrogen-bond acceptors (Lipinski definition) is 2. The van der Waals surface area contributed by atoms with E-state index < -0.39 is 0 Å². The van der Waals surface area contributed by atoms with E-state index in [0.717, 1.165) is 31.1 Å². The highest BCUT2D eigenvalue weighted by Gasteiger charge is 2.16. The summed E-state index contributed by atoms with van der Waals surface area (Å²) in [5.41, 5.74) is 9.50. The summed E-state index contributed by atoms with van der Waals surface area (Å²) in [6.45, 7) is 5.84. The van der Waals surface area contributed by atoms with Crippen molar-refractivity contribution in [3.05, 3.63) is 17.0 Å². The average Bonchev–Trinajstić information content (AvgIpc) is 2.53. The van der Waals surface area contributed by atoms with Crippen molar-refractivity contribution in [2.45, 2.75) is 39.5 Å². The summed E-state index contributed by atoms with van der Waals surface area (Å²) in [7, 11) is 1.98. The summed E-state index contributed by atoms with van der Waals surface area (Å²) in [4.78, 5) is 4.39. The number of halogens is 1. The van der Waals surface area contributed by atoms with Crippen molar-refractivity contribution < 1.29 is 0 Å². The van der Waals surface area contributed by atoms with Crippen LogP contribution in [0.5, 0.6) is 0 Å². The molecule has 0 spiro atoms. The molecule has 0 unspecified atom stereocenters. The molecule has 1 aromatic heterocycles. The van der Waals surface area contributed by atoms with E-state index in [1.807, 2.05) is 11.7 Å². The van der Waals surface area contributed by atoms with Crippen molar-refractivity contribution in [1.82, 2.24) is 15.1 Å². The Bertz CT molecular complexity index is 462. The fraction of sp³-hybridized carbons (Fsp3) is 0.714. The van der Waals surface area contributed by atoms with E-state index in [1.165, 1.54) is 30.5 Å². The molecule has 1 aliphatic carbocycles. The first-order valence-corrected chi connectivity index (χ1v) is 7.10. The van der Waals surface area contributed by atoms with Gasteiger partial charge in [0, 0.05) is 25.8 Å². The molecule has 1 aliphatic rings. The summed E-state index contributed by atoms with van der Waals surface area (Å²) >= 11 is 0. The van der Waals surface area contributed by atoms with Crippen molar-refractivity contribution in [2.24, 2.45) is 23.7 Å². The fourth-order valence-corrected chi connectivity index (χ4v) is 2.45. The molecule has 0 atom stereocenters. The van der Waals surface area contributed by atoms with Crippen LogP contribution >= 0.6 is 24.0 Å². The van der Waals surface area contributed by atoms with E-state index in [4.69, 9.17) is 5.73 Å². The van der Waals surface area contributed by atoms with E-state index in [9.17, 15) is 0 Å². The zero-order chi connectivity index (χ0) is 13.8. The van der Waals surface area contributed by atoms with Crippen LogP contribution in [0.4, 0.5) is 0 Å². The lowest BCUT2D eigenvalue weighted by Crippen LogP contribution is -2.34. The minimum atomic E-state index is 0. The number of rotatable bonds is 5. The zero-order valence-electron chi connectivity index (χ0n) is 12.6. The Morgan fingerprint density at radius 1 is 1.45 bits per heavy atom. The molecular weight excluding hydrogens is 365 g/mol. The average molecular weight is 391 g/mol. The van der Waals surface area contributed by atoms with Gasteiger partial charge in [-0.15, -0.1) is 24.0 Å². The Hall–Kier alpha value is -0.790. The minimum absolute atomic E-state index is 0. The van der Waals surface area contributed by atoms with E-state index in [2.05, 4.69) is 29.3 Å². The molecule has 0 bridgehead atoms. The third-order valence-electron chi connectivity index (χ3n) is 4.08. The number of nitrogens with zero attached hydrogens (tertiary/aromatic N) is 3. The Balaban J connectivity index is 0.00000200. The van der Waals surface area contributed by atoms with Crippen LogP contribution in [0.1, 0.15) is 36.2 Å². The molecule has 1 saturated carbocycles. The van der Waals surface area contributed by atoms with Gasteiger partial charge in [-0.05, 0) is 44.6 Å². The molecule has 0 saturated heterocycles. The lowest BCUT2D eigenvalue weighted by atomic mass is 9.86. The van der Waals surface area contributed by atoms with Crippen molar-refractivity contribution in [2.75, 3.05) is 13.1 Å². The number of nitrogens with two attached hydrogens (primary N) is 1. The van der Waals surface area contributed by atoms with Crippen LogP contribution in [-0.4, -0.2) is 28.8 Å². The molecule has 114 valence electrons. The number of hydrogen-bond donors (Lipinski definition) is 2. The number of nitrogens with one attached hydrogen (secondary N) is 1. The minimum Gasteiger partial charge on any atom is -0.370 e. The standard InChI is InChI=1S/C14H25N5.HI/c1-10-13(11(2)19(3)18-10)7-8-16-14(15)17-9-12-5-4-6-12;/h12H,4-9H2,1-3H3,(H3,15,16,17);1H. The summed E-state index contributed by atoms with van der Waals surface area (Å²) in [6.07, 6.45) is 4.91. The van der Waals surface area contributed by atoms with Crippen molar-refractivity contribution >= 4 is 29.9 Å². The zero-order valence-corrected chi connectivity index (χ0v) is 15.0. The van der Waals surface area contributed by atoms with Crippen LogP contribution in [0.15, 0.2) is 4.99 Å². The van der Waals surface area contributed by atoms with Crippen molar-refractivity contribution in [3.63, 3.8) is 0 Å². The van der Waals surface area contributed by atoms with Crippen LogP contribution < -0.4 is 11.1 Å². The predicted molar refractivity (Wildman–Crippen MR) is 93.6 cm³/mol. The second-order valence-electron chi connectivity index (χ2n) is 5.47. The largest absolute Gasteiger partial charge is 0.370 e. The van der Waals surface area contributed by atoms with Gasteiger partial charge in [-0.3, -0.25) is 9.67 Å². The van der Waals surface area contributed by atoms with Crippen LogP contribution in [-0.2, 0) is 13.5 Å². The van der Waals surface area contributed by atoms with E-state index in [1.54, 1.807) is 0 Å². The third kappa shape index (κ3) is 4.36. The Kier molecular flexibility index (Phi) is 6.78. The highest BCUT2D eigenvalue weighted by molar-refractivity contribution is 14.0. The highest BCUT2D eigenvalue weighted by Crippen LogP contribution is 2.26. The normalized spacial score (nSPS) is 15.7. The van der Waals surface area contributed by atoms with E-state index >= 15 is 0 Å². The van der Waals surface area contributed by atoms with Gasteiger partial charge < -0.3 is 11.1 Å². The Morgan fingerprint density at radius 2 is 2.15 bits per heavy atom. The maximum Gasteiger partial charge on any atom is 0.188 e. The second-order valence-corrected chi connectivity index (χ2v) is 5.47. The summed E-state index contributed by atoms with van der Waals surface area (Å²) in [5.74, 6) is 1.34. The topological polar surface area (TPSA) is 68.2 Å². The van der Waals surface area contributed by atoms with Gasteiger partial charge in [0.2, 0.25) is 0 Å². The lowest BCUT2D eigenvalue weighted by Gasteiger charge is -2.23. The van der Waals surface area contributed by atoms with Gasteiger partial charge in [-0.25, -0.2) is 0 Å². The number of aromatic nitrogens is 2. The molecule has 1 aromatic rings. The molecule has 0 amide bonds. The first-order chi connectivity index (χ1) is 9.08. The molecule has 2 rings (SSSR count). The molecule has 6 heteroatoms. The SMILES string of the molecule is Cc1nn(C)c(C)c1CCNC(N)=NCC1CCC1.I. The molecule has 1 heterocycles. The first kappa shape index (κ1) is 17.3. The second kappa shape index (κ2) is 7.85. The van der Waals surface area contributed by atoms with Gasteiger partial charge >= 0.3 is 0 Å². The smallest absolute Gasteiger partial charge is 0.188 e. The Morgan fingerprint density at radius 3 is 2.65 bits per heavy atom. The summed E-state index contributed by atoms with van der Waals surface area (Å²) < 4.78 is 1.93. The monoisotopic (exact) mass is 391 g/mol. The molecule has 1 fully saturated rings. The van der Waals surface area contributed by atoms with Gasteiger partial charge in [0.15, 0.2) is 5.96 Å². The van der Waals surface area contributed by atoms with Crippen LogP contribution in [0.2, 0.25) is 0 Å². The maximum atomic E-state index is 5.86. The van der Waals surface area contributed by atoms with Gasteiger partial charge in [0.1, 0.15) is 0 Å². The molecule has 0 aromatic carbocycles. The molecule has 3 N–H and O–H groups in total. The maximum absolute atomic E-state index is 5.86. The van der Waals surface area contributed by atoms with Gasteiger partial charge in [0.25, 0.3) is 0 Å². The van der Waals surface area contributed by atoms with Crippen LogP contribution in [0.3, 0.4) is 0 Å². The summed E-state index contributed by atoms with van der Waals surface area (Å²) in [6, 6.07) is 0. The molecule has 0 radical (unpaired) electrons. The van der Waals surface area contributed by atoms with E-state index in [0.29, 0.717) is 5.96 Å². The first-order valence-electron chi connectivity index (χ1n) is 7.10. The van der Waals surface area contributed by atoms with Gasteiger partial charge in [0.05, 0.1) is 5.69 Å². The molecule has 20 heavy (non-hydrogen) atoms. The van der Waals surface area contributed by atoms with Gasteiger partial charge in [-0.1, -0.05) is 6.42 Å². The number of guanidine groups is 1. The van der Waals surface area contributed by atoms with E-state index in [-0.39, 0.29) is 24.0 Å². The molecule has 5 nitrogen and oxygen atoms in total. The molecular formula is C14H26IN5. The highest BCUT2D eigenvalue weighted by atomic mass is 127. The number of aliphatic imine (C=N–C) groups is 1. The molecule has 0 aliphatic heterocycles. The quantitative estimate of drug-likeness (QED) is 0.458. The van der Waals surface area contributed by atoms with Crippen LogP contribution in [0, 0.1) is 19.8 Å².